The van der Waals surface area contributed by atoms with Crippen LogP contribution in [-0.2, 0) is 7.05 Å². The van der Waals surface area contributed by atoms with Gasteiger partial charge in [0.15, 0.2) is 11.0 Å². The third kappa shape index (κ3) is 2.95. The molecule has 2 rings (SSSR count). The van der Waals surface area contributed by atoms with Crippen molar-refractivity contribution in [3.63, 3.8) is 0 Å². The van der Waals surface area contributed by atoms with Gasteiger partial charge in [0.05, 0.1) is 6.20 Å². The molecule has 0 atom stereocenters. The van der Waals surface area contributed by atoms with E-state index in [0.717, 1.165) is 28.8 Å². The molecule has 2 heterocycles. The lowest BCUT2D eigenvalue weighted by Crippen LogP contribution is -1.97. The highest BCUT2D eigenvalue weighted by Gasteiger charge is 2.11. The van der Waals surface area contributed by atoms with E-state index in [-0.39, 0.29) is 0 Å². The molecule has 0 amide bonds. The summed E-state index contributed by atoms with van der Waals surface area (Å²) in [5, 5.41) is 9.12. The summed E-state index contributed by atoms with van der Waals surface area (Å²) in [4.78, 5) is 8.22. The van der Waals surface area contributed by atoms with Crippen LogP contribution in [0.15, 0.2) is 23.7 Å². The Morgan fingerprint density at radius 1 is 1.35 bits per heavy atom. The Morgan fingerprint density at radius 2 is 2.24 bits per heavy atom. The molecule has 7 heteroatoms. The summed E-state index contributed by atoms with van der Waals surface area (Å²) in [6, 6.07) is 0. The highest BCUT2D eigenvalue weighted by molar-refractivity contribution is 7.99. The van der Waals surface area contributed by atoms with Gasteiger partial charge in [0.2, 0.25) is 0 Å². The standard InChI is InChI=1S/C10H12ClN5S/c1-16-9(8-7-12-4-5-13-8)14-15-10(16)17-6-2-3-11/h4-5,7H,2-3,6H2,1H3. The number of aromatic nitrogens is 5. The van der Waals surface area contributed by atoms with Crippen LogP contribution in [0, 0.1) is 0 Å². The second kappa shape index (κ2) is 5.97. The summed E-state index contributed by atoms with van der Waals surface area (Å²) in [6.45, 7) is 0. The first kappa shape index (κ1) is 12.3. The van der Waals surface area contributed by atoms with E-state index in [1.54, 1.807) is 30.4 Å². The molecular weight excluding hydrogens is 258 g/mol. The topological polar surface area (TPSA) is 56.5 Å². The molecule has 5 nitrogen and oxygen atoms in total. The van der Waals surface area contributed by atoms with Crippen molar-refractivity contribution in [2.24, 2.45) is 7.05 Å². The number of halogens is 1. The SMILES string of the molecule is Cn1c(SCCCCl)nnc1-c1cnccn1. The largest absolute Gasteiger partial charge is 0.304 e. The molecule has 0 N–H and O–H groups in total. The molecule has 0 aromatic carbocycles. The number of hydrogen-bond donors (Lipinski definition) is 0. The first-order valence-corrected chi connectivity index (χ1v) is 6.69. The van der Waals surface area contributed by atoms with Gasteiger partial charge in [-0.15, -0.1) is 21.8 Å². The monoisotopic (exact) mass is 269 g/mol. The smallest absolute Gasteiger partial charge is 0.191 e. The van der Waals surface area contributed by atoms with E-state index >= 15 is 0 Å². The predicted octanol–water partition coefficient (Wildman–Crippen LogP) is 1.99. The second-order valence-corrected chi connectivity index (χ2v) is 4.79. The average molecular weight is 270 g/mol. The molecule has 0 saturated carbocycles. The van der Waals surface area contributed by atoms with E-state index in [4.69, 9.17) is 11.6 Å². The Balaban J connectivity index is 2.15. The minimum atomic E-state index is 0.669. The van der Waals surface area contributed by atoms with Gasteiger partial charge in [0.1, 0.15) is 5.69 Å². The van der Waals surface area contributed by atoms with Gasteiger partial charge in [-0.2, -0.15) is 0 Å². The van der Waals surface area contributed by atoms with Gasteiger partial charge < -0.3 is 4.57 Å². The predicted molar refractivity (Wildman–Crippen MR) is 68.1 cm³/mol. The van der Waals surface area contributed by atoms with Crippen LogP contribution in [0.2, 0.25) is 0 Å². The van der Waals surface area contributed by atoms with Crippen LogP contribution in [0.3, 0.4) is 0 Å². The summed E-state index contributed by atoms with van der Waals surface area (Å²) in [5.74, 6) is 2.34. The van der Waals surface area contributed by atoms with Crippen LogP contribution in [0.4, 0.5) is 0 Å². The fraction of sp³-hybridized carbons (Fsp3) is 0.400. The van der Waals surface area contributed by atoms with Gasteiger partial charge in [-0.25, -0.2) is 4.98 Å². The van der Waals surface area contributed by atoms with Gasteiger partial charge in [0, 0.05) is 31.1 Å². The molecule has 90 valence electrons. The van der Waals surface area contributed by atoms with E-state index < -0.39 is 0 Å². The highest BCUT2D eigenvalue weighted by Crippen LogP contribution is 2.21. The molecule has 2 aromatic heterocycles. The molecule has 0 unspecified atom stereocenters. The molecule has 0 bridgehead atoms. The maximum Gasteiger partial charge on any atom is 0.191 e. The van der Waals surface area contributed by atoms with Crippen molar-refractivity contribution in [2.75, 3.05) is 11.6 Å². The number of rotatable bonds is 5. The Bertz CT molecular complexity index is 473. The van der Waals surface area contributed by atoms with Crippen LogP contribution in [0.25, 0.3) is 11.5 Å². The van der Waals surface area contributed by atoms with Crippen molar-refractivity contribution in [1.82, 2.24) is 24.7 Å². The van der Waals surface area contributed by atoms with Gasteiger partial charge in [0.25, 0.3) is 0 Å². The summed E-state index contributed by atoms with van der Waals surface area (Å²) in [7, 11) is 1.92. The van der Waals surface area contributed by atoms with Crippen molar-refractivity contribution in [3.8, 4) is 11.5 Å². The molecule has 0 fully saturated rings. The van der Waals surface area contributed by atoms with Crippen LogP contribution in [-0.4, -0.2) is 36.4 Å². The lowest BCUT2D eigenvalue weighted by atomic mass is 10.4. The fourth-order valence-electron chi connectivity index (χ4n) is 1.30. The Hall–Kier alpha value is -1.14. The molecule has 0 aliphatic rings. The summed E-state index contributed by atoms with van der Waals surface area (Å²) in [6.07, 6.45) is 5.91. The molecule has 0 aliphatic heterocycles. The summed E-state index contributed by atoms with van der Waals surface area (Å²) in [5.41, 5.74) is 0.728. The lowest BCUT2D eigenvalue weighted by Gasteiger charge is -2.02. The lowest BCUT2D eigenvalue weighted by molar-refractivity contribution is 0.791. The zero-order chi connectivity index (χ0) is 12.1. The van der Waals surface area contributed by atoms with Crippen LogP contribution >= 0.6 is 23.4 Å². The second-order valence-electron chi connectivity index (χ2n) is 3.35. The van der Waals surface area contributed by atoms with Crippen molar-refractivity contribution in [2.45, 2.75) is 11.6 Å². The van der Waals surface area contributed by atoms with Crippen molar-refractivity contribution in [1.29, 1.82) is 0 Å². The van der Waals surface area contributed by atoms with E-state index in [2.05, 4.69) is 20.2 Å². The van der Waals surface area contributed by atoms with Gasteiger partial charge in [-0.3, -0.25) is 4.98 Å². The van der Waals surface area contributed by atoms with E-state index in [0.29, 0.717) is 5.88 Å². The van der Waals surface area contributed by atoms with Gasteiger partial charge in [-0.1, -0.05) is 11.8 Å². The molecule has 17 heavy (non-hydrogen) atoms. The normalized spacial score (nSPS) is 10.7. The Labute approximate surface area is 109 Å². The van der Waals surface area contributed by atoms with Crippen molar-refractivity contribution in [3.05, 3.63) is 18.6 Å². The molecule has 2 aromatic rings. The van der Waals surface area contributed by atoms with Crippen LogP contribution < -0.4 is 0 Å². The third-order valence-corrected chi connectivity index (χ3v) is 3.51. The minimum Gasteiger partial charge on any atom is -0.304 e. The van der Waals surface area contributed by atoms with E-state index in [1.165, 1.54) is 0 Å². The molecule has 0 radical (unpaired) electrons. The number of thioether (sulfide) groups is 1. The van der Waals surface area contributed by atoms with Crippen molar-refractivity contribution >= 4 is 23.4 Å². The molecule has 0 saturated heterocycles. The highest BCUT2D eigenvalue weighted by atomic mass is 35.5. The van der Waals surface area contributed by atoms with E-state index in [9.17, 15) is 0 Å². The third-order valence-electron chi connectivity index (χ3n) is 2.14. The zero-order valence-corrected chi connectivity index (χ0v) is 10.9. The summed E-state index contributed by atoms with van der Waals surface area (Å²) >= 11 is 7.28. The Kier molecular flexibility index (Phi) is 4.33. The van der Waals surface area contributed by atoms with Crippen molar-refractivity contribution < 1.29 is 0 Å². The number of hydrogen-bond acceptors (Lipinski definition) is 5. The zero-order valence-electron chi connectivity index (χ0n) is 9.38. The maximum atomic E-state index is 5.63. The quantitative estimate of drug-likeness (QED) is 0.472. The van der Waals surface area contributed by atoms with E-state index in [1.807, 2.05) is 11.6 Å². The Morgan fingerprint density at radius 3 is 2.94 bits per heavy atom. The number of alkyl halides is 1. The molecule has 0 spiro atoms. The first-order chi connectivity index (χ1) is 8.33. The number of nitrogens with zero attached hydrogens (tertiary/aromatic N) is 5. The fourth-order valence-corrected chi connectivity index (χ4v) is 2.44. The summed E-state index contributed by atoms with van der Waals surface area (Å²) < 4.78 is 1.92. The average Bonchev–Trinajstić information content (AvgIpc) is 2.73. The molecular formula is C10H12ClN5S. The van der Waals surface area contributed by atoms with Gasteiger partial charge >= 0.3 is 0 Å². The van der Waals surface area contributed by atoms with Crippen LogP contribution in [0.1, 0.15) is 6.42 Å². The molecule has 0 aliphatic carbocycles. The minimum absolute atomic E-state index is 0.669. The van der Waals surface area contributed by atoms with Crippen LogP contribution in [0.5, 0.6) is 0 Å². The first-order valence-electron chi connectivity index (χ1n) is 5.17. The maximum absolute atomic E-state index is 5.63. The van der Waals surface area contributed by atoms with Gasteiger partial charge in [-0.05, 0) is 6.42 Å².